The highest BCUT2D eigenvalue weighted by atomic mass is 16.7. The van der Waals surface area contributed by atoms with Crippen LogP contribution in [0.5, 0.6) is 5.75 Å². The average molecular weight is 262 g/mol. The summed E-state index contributed by atoms with van der Waals surface area (Å²) in [6.45, 7) is 4.23. The Balaban J connectivity index is 1.81. The summed E-state index contributed by atoms with van der Waals surface area (Å²) < 4.78 is 15.9. The minimum Gasteiger partial charge on any atom is -0.481 e. The van der Waals surface area contributed by atoms with Gasteiger partial charge in [-0.25, -0.2) is 4.79 Å². The van der Waals surface area contributed by atoms with Gasteiger partial charge in [-0.05, 0) is 18.9 Å². The number of carbonyl (C=O) groups excluding carboxylic acids is 1. The Hall–Kier alpha value is -1.81. The van der Waals surface area contributed by atoms with Crippen LogP contribution in [0.1, 0.15) is 24.8 Å². The maximum Gasteiger partial charge on any atom is 0.346 e. The van der Waals surface area contributed by atoms with Gasteiger partial charge in [-0.3, -0.25) is 0 Å². The molecule has 1 heterocycles. The van der Waals surface area contributed by atoms with E-state index in [4.69, 9.17) is 14.2 Å². The summed E-state index contributed by atoms with van der Waals surface area (Å²) in [5.41, 5.74) is 0.851. The predicted octanol–water partition coefficient (Wildman–Crippen LogP) is 2.78. The molecule has 2 rings (SSSR count). The van der Waals surface area contributed by atoms with Crippen molar-refractivity contribution < 1.29 is 19.0 Å². The first-order chi connectivity index (χ1) is 9.29. The first kappa shape index (κ1) is 13.6. The lowest BCUT2D eigenvalue weighted by Gasteiger charge is -2.22. The molecule has 0 aromatic heterocycles. The van der Waals surface area contributed by atoms with E-state index in [9.17, 15) is 4.79 Å². The maximum absolute atomic E-state index is 11.6. The number of para-hydroxylation sites is 1. The quantitative estimate of drug-likeness (QED) is 0.765. The van der Waals surface area contributed by atoms with E-state index in [0.717, 1.165) is 24.8 Å². The Labute approximate surface area is 113 Å². The van der Waals surface area contributed by atoms with Crippen LogP contribution in [0.3, 0.4) is 0 Å². The molecule has 0 N–H and O–H groups in total. The van der Waals surface area contributed by atoms with Gasteiger partial charge in [0, 0.05) is 12.0 Å². The highest BCUT2D eigenvalue weighted by molar-refractivity contribution is 5.71. The Bertz CT molecular complexity index is 436. The smallest absolute Gasteiger partial charge is 0.346 e. The van der Waals surface area contributed by atoms with Gasteiger partial charge in [-0.1, -0.05) is 30.9 Å². The van der Waals surface area contributed by atoms with Crippen LogP contribution in [-0.2, 0) is 14.3 Å². The van der Waals surface area contributed by atoms with Crippen molar-refractivity contribution in [3.63, 3.8) is 0 Å². The highest BCUT2D eigenvalue weighted by Gasteiger charge is 2.18. The standard InChI is InChI=1S/C15H18O4/c1-2-12-7-3-4-8-13(12)18-11-14(16)19-15-9-5-6-10-17-15/h2-4,7-8,15H,1,5-6,9-11H2. The zero-order chi connectivity index (χ0) is 13.5. The number of hydrogen-bond donors (Lipinski definition) is 0. The molecule has 1 unspecified atom stereocenters. The first-order valence-electron chi connectivity index (χ1n) is 6.45. The second-order valence-electron chi connectivity index (χ2n) is 4.32. The Morgan fingerprint density at radius 2 is 2.26 bits per heavy atom. The monoisotopic (exact) mass is 262 g/mol. The summed E-state index contributed by atoms with van der Waals surface area (Å²) in [6, 6.07) is 7.40. The molecule has 4 heteroatoms. The van der Waals surface area contributed by atoms with Crippen LogP contribution in [-0.4, -0.2) is 25.5 Å². The summed E-state index contributed by atoms with van der Waals surface area (Å²) in [7, 11) is 0. The van der Waals surface area contributed by atoms with Crippen molar-refractivity contribution in [1.82, 2.24) is 0 Å². The highest BCUT2D eigenvalue weighted by Crippen LogP contribution is 2.19. The summed E-state index contributed by atoms with van der Waals surface area (Å²) >= 11 is 0. The third-order valence-corrected chi connectivity index (χ3v) is 2.89. The molecule has 0 amide bonds. The molecular weight excluding hydrogens is 244 g/mol. The van der Waals surface area contributed by atoms with Gasteiger partial charge < -0.3 is 14.2 Å². The van der Waals surface area contributed by atoms with E-state index in [0.29, 0.717) is 12.4 Å². The van der Waals surface area contributed by atoms with Crippen LogP contribution < -0.4 is 4.74 Å². The van der Waals surface area contributed by atoms with E-state index in [1.165, 1.54) is 0 Å². The predicted molar refractivity (Wildman–Crippen MR) is 71.7 cm³/mol. The van der Waals surface area contributed by atoms with Crippen LogP contribution in [0, 0.1) is 0 Å². The lowest BCUT2D eigenvalue weighted by Crippen LogP contribution is -2.28. The number of ether oxygens (including phenoxy) is 3. The Morgan fingerprint density at radius 3 is 3.00 bits per heavy atom. The van der Waals surface area contributed by atoms with Gasteiger partial charge >= 0.3 is 5.97 Å². The van der Waals surface area contributed by atoms with Crippen molar-refractivity contribution in [2.75, 3.05) is 13.2 Å². The molecule has 0 radical (unpaired) electrons. The summed E-state index contributed by atoms with van der Waals surface area (Å²) in [6.07, 6.45) is 4.08. The first-order valence-corrected chi connectivity index (χ1v) is 6.45. The van der Waals surface area contributed by atoms with Gasteiger partial charge in [0.25, 0.3) is 0 Å². The van der Waals surface area contributed by atoms with Crippen LogP contribution >= 0.6 is 0 Å². The minimum atomic E-state index is -0.417. The van der Waals surface area contributed by atoms with E-state index in [1.54, 1.807) is 12.1 Å². The van der Waals surface area contributed by atoms with Gasteiger partial charge in [0.15, 0.2) is 6.61 Å². The second-order valence-corrected chi connectivity index (χ2v) is 4.32. The number of rotatable bonds is 5. The molecule has 1 aromatic carbocycles. The number of carbonyl (C=O) groups is 1. The molecule has 1 fully saturated rings. The number of hydrogen-bond acceptors (Lipinski definition) is 4. The molecule has 1 aromatic rings. The maximum atomic E-state index is 11.6. The summed E-state index contributed by atoms with van der Waals surface area (Å²) in [5, 5.41) is 0. The molecule has 0 saturated carbocycles. The molecule has 19 heavy (non-hydrogen) atoms. The van der Waals surface area contributed by atoms with Crippen LogP contribution in [0.2, 0.25) is 0 Å². The SMILES string of the molecule is C=Cc1ccccc1OCC(=O)OC1CCCCO1. The number of benzene rings is 1. The largest absolute Gasteiger partial charge is 0.481 e. The molecular formula is C15H18O4. The fourth-order valence-corrected chi connectivity index (χ4v) is 1.90. The normalized spacial score (nSPS) is 18.6. The van der Waals surface area contributed by atoms with Gasteiger partial charge in [-0.15, -0.1) is 0 Å². The van der Waals surface area contributed by atoms with Crippen LogP contribution in [0.4, 0.5) is 0 Å². The van der Waals surface area contributed by atoms with E-state index in [1.807, 2.05) is 18.2 Å². The van der Waals surface area contributed by atoms with Crippen molar-refractivity contribution >= 4 is 12.0 Å². The van der Waals surface area contributed by atoms with E-state index in [-0.39, 0.29) is 6.61 Å². The molecule has 4 nitrogen and oxygen atoms in total. The third-order valence-electron chi connectivity index (χ3n) is 2.89. The zero-order valence-corrected chi connectivity index (χ0v) is 10.8. The minimum absolute atomic E-state index is 0.120. The lowest BCUT2D eigenvalue weighted by molar-refractivity contribution is -0.188. The summed E-state index contributed by atoms with van der Waals surface area (Å²) in [5.74, 6) is 0.213. The lowest BCUT2D eigenvalue weighted by atomic mass is 10.2. The van der Waals surface area contributed by atoms with Crippen molar-refractivity contribution in [2.45, 2.75) is 25.6 Å². The van der Waals surface area contributed by atoms with Crippen molar-refractivity contribution in [3.8, 4) is 5.75 Å². The van der Waals surface area contributed by atoms with Gasteiger partial charge in [0.05, 0.1) is 6.61 Å². The molecule has 1 atom stereocenters. The van der Waals surface area contributed by atoms with Crippen molar-refractivity contribution in [2.24, 2.45) is 0 Å². The molecule has 1 aliphatic heterocycles. The second kappa shape index (κ2) is 6.95. The van der Waals surface area contributed by atoms with E-state index < -0.39 is 12.3 Å². The Kier molecular flexibility index (Phi) is 4.98. The third kappa shape index (κ3) is 4.10. The molecule has 0 bridgehead atoms. The van der Waals surface area contributed by atoms with Gasteiger partial charge in [0.1, 0.15) is 5.75 Å². The molecule has 102 valence electrons. The fourth-order valence-electron chi connectivity index (χ4n) is 1.90. The van der Waals surface area contributed by atoms with Crippen molar-refractivity contribution in [3.05, 3.63) is 36.4 Å². The fraction of sp³-hybridized carbons (Fsp3) is 0.400. The Morgan fingerprint density at radius 1 is 1.42 bits per heavy atom. The van der Waals surface area contributed by atoms with E-state index in [2.05, 4.69) is 6.58 Å². The van der Waals surface area contributed by atoms with Gasteiger partial charge in [-0.2, -0.15) is 0 Å². The zero-order valence-electron chi connectivity index (χ0n) is 10.8. The topological polar surface area (TPSA) is 44.8 Å². The van der Waals surface area contributed by atoms with Crippen LogP contribution in [0.15, 0.2) is 30.8 Å². The molecule has 1 saturated heterocycles. The van der Waals surface area contributed by atoms with Crippen LogP contribution in [0.25, 0.3) is 6.08 Å². The van der Waals surface area contributed by atoms with Crippen molar-refractivity contribution in [1.29, 1.82) is 0 Å². The number of esters is 1. The average Bonchev–Trinajstić information content (AvgIpc) is 2.46. The van der Waals surface area contributed by atoms with E-state index >= 15 is 0 Å². The molecule has 0 aliphatic carbocycles. The molecule has 1 aliphatic rings. The molecule has 0 spiro atoms. The summed E-state index contributed by atoms with van der Waals surface area (Å²) in [4.78, 5) is 11.6. The van der Waals surface area contributed by atoms with Gasteiger partial charge in [0.2, 0.25) is 6.29 Å².